The fraction of sp³-hybridized carbons (Fsp3) is 0.0500. The first kappa shape index (κ1) is 14.3. The molecular weight excluding hydrogens is 298 g/mol. The zero-order valence-corrected chi connectivity index (χ0v) is 13.3. The Balaban J connectivity index is 1.76. The van der Waals surface area contributed by atoms with Crippen LogP contribution in [0.15, 0.2) is 84.8 Å². The first-order valence-corrected chi connectivity index (χ1v) is 7.83. The summed E-state index contributed by atoms with van der Waals surface area (Å²) in [5, 5.41) is 3.87. The lowest BCUT2D eigenvalue weighted by Gasteiger charge is -2.40. The van der Waals surface area contributed by atoms with E-state index >= 15 is 0 Å². The summed E-state index contributed by atoms with van der Waals surface area (Å²) in [6, 6.07) is 17.7. The normalized spacial score (nSPS) is 14.8. The number of nitrogens with zero attached hydrogens (tertiary/aromatic N) is 3. The number of hydrogen-bond acceptors (Lipinski definition) is 3. The predicted molar refractivity (Wildman–Crippen MR) is 96.9 cm³/mol. The van der Waals surface area contributed by atoms with Crippen LogP contribution in [0.2, 0.25) is 0 Å². The summed E-state index contributed by atoms with van der Waals surface area (Å²) in [6.07, 6.45) is 9.69. The van der Waals surface area contributed by atoms with E-state index in [0.29, 0.717) is 5.70 Å². The number of carbonyl (C=O) groups excluding carboxylic acids is 1. The molecule has 0 radical (unpaired) electrons. The minimum Gasteiger partial charge on any atom is -0.310 e. The summed E-state index contributed by atoms with van der Waals surface area (Å²) in [6.45, 7) is 0. The number of allylic oxidation sites excluding steroid dienone is 2. The summed E-state index contributed by atoms with van der Waals surface area (Å²) in [7, 11) is 1.80. The largest absolute Gasteiger partial charge is 0.310 e. The molecule has 0 fully saturated rings. The van der Waals surface area contributed by atoms with E-state index < -0.39 is 0 Å². The number of hydrogen-bond donors (Lipinski definition) is 0. The molecule has 0 bridgehead atoms. The highest BCUT2D eigenvalue weighted by Crippen LogP contribution is 2.34. The van der Waals surface area contributed by atoms with Crippen LogP contribution in [-0.2, 0) is 4.79 Å². The highest BCUT2D eigenvalue weighted by Gasteiger charge is 2.29. The topological polar surface area (TPSA) is 26.8 Å². The van der Waals surface area contributed by atoms with Gasteiger partial charge in [0.2, 0.25) is 0 Å². The summed E-state index contributed by atoms with van der Waals surface area (Å²) in [5.74, 6) is -0.0550. The smallest absolute Gasteiger partial charge is 0.276 e. The second-order valence-corrected chi connectivity index (χ2v) is 5.66. The molecule has 2 aliphatic heterocycles. The number of hydrazine groups is 1. The standard InChI is InChI=1S/C20H17N3O/c1-21(17-10-3-2-4-11-17)20(24)19-15-16-9-5-6-12-18(16)22-13-7-8-14-23(19)22/h2-15H,1H3. The predicted octanol–water partition coefficient (Wildman–Crippen LogP) is 3.77. The van der Waals surface area contributed by atoms with Gasteiger partial charge in [0, 0.05) is 30.7 Å². The SMILES string of the molecule is CN(C(=O)C1=Cc2ccccc2N2C=CC=CN12)c1ccccc1. The number of amides is 1. The van der Waals surface area contributed by atoms with Crippen molar-refractivity contribution in [2.24, 2.45) is 0 Å². The Kier molecular flexibility index (Phi) is 3.43. The van der Waals surface area contributed by atoms with E-state index in [9.17, 15) is 4.79 Å². The van der Waals surface area contributed by atoms with Crippen LogP contribution in [0.1, 0.15) is 5.56 Å². The fourth-order valence-corrected chi connectivity index (χ4v) is 2.93. The molecule has 2 aromatic carbocycles. The Morgan fingerprint density at radius 1 is 0.875 bits per heavy atom. The van der Waals surface area contributed by atoms with E-state index in [1.54, 1.807) is 11.9 Å². The molecule has 2 heterocycles. The van der Waals surface area contributed by atoms with Crippen molar-refractivity contribution in [1.29, 1.82) is 0 Å². The van der Waals surface area contributed by atoms with Gasteiger partial charge in [-0.25, -0.2) is 0 Å². The Bertz CT molecular complexity index is 867. The molecule has 4 nitrogen and oxygen atoms in total. The third-order valence-electron chi connectivity index (χ3n) is 4.19. The third kappa shape index (κ3) is 2.29. The first-order chi connectivity index (χ1) is 11.8. The molecular formula is C20H17N3O. The van der Waals surface area contributed by atoms with Crippen molar-refractivity contribution in [2.45, 2.75) is 0 Å². The Morgan fingerprint density at radius 3 is 2.33 bits per heavy atom. The van der Waals surface area contributed by atoms with Gasteiger partial charge in [-0.1, -0.05) is 36.4 Å². The van der Waals surface area contributed by atoms with Crippen LogP contribution in [0.25, 0.3) is 6.08 Å². The quantitative estimate of drug-likeness (QED) is 0.844. The summed E-state index contributed by atoms with van der Waals surface area (Å²) in [5.41, 5.74) is 3.56. The van der Waals surface area contributed by atoms with Gasteiger partial charge in [-0.3, -0.25) is 14.8 Å². The monoisotopic (exact) mass is 315 g/mol. The molecule has 0 aromatic heterocycles. The van der Waals surface area contributed by atoms with Gasteiger partial charge >= 0.3 is 0 Å². The third-order valence-corrected chi connectivity index (χ3v) is 4.19. The van der Waals surface area contributed by atoms with Gasteiger partial charge in [0.1, 0.15) is 5.70 Å². The average Bonchev–Trinajstić information content (AvgIpc) is 2.67. The molecule has 4 heteroatoms. The van der Waals surface area contributed by atoms with Gasteiger partial charge in [-0.05, 0) is 36.4 Å². The van der Waals surface area contributed by atoms with E-state index in [1.807, 2.05) is 95.2 Å². The summed E-state index contributed by atoms with van der Waals surface area (Å²) < 4.78 is 0. The number of carbonyl (C=O) groups is 1. The summed E-state index contributed by atoms with van der Waals surface area (Å²) in [4.78, 5) is 14.8. The van der Waals surface area contributed by atoms with E-state index in [1.165, 1.54) is 0 Å². The summed E-state index contributed by atoms with van der Waals surface area (Å²) >= 11 is 0. The van der Waals surface area contributed by atoms with Crippen molar-refractivity contribution in [3.8, 4) is 0 Å². The number of fused-ring (bicyclic) bond motifs is 3. The second kappa shape index (κ2) is 5.74. The highest BCUT2D eigenvalue weighted by molar-refractivity contribution is 6.09. The first-order valence-electron chi connectivity index (χ1n) is 7.83. The number of para-hydroxylation sites is 2. The molecule has 0 aliphatic carbocycles. The molecule has 0 N–H and O–H groups in total. The Hall–Kier alpha value is -3.27. The lowest BCUT2D eigenvalue weighted by Crippen LogP contribution is -2.44. The van der Waals surface area contributed by atoms with Crippen LogP contribution in [0, 0.1) is 0 Å². The van der Waals surface area contributed by atoms with Gasteiger partial charge in [-0.2, -0.15) is 0 Å². The van der Waals surface area contributed by atoms with Crippen LogP contribution < -0.4 is 9.91 Å². The van der Waals surface area contributed by atoms with Gasteiger partial charge in [0.15, 0.2) is 0 Å². The number of benzene rings is 2. The van der Waals surface area contributed by atoms with Crippen molar-refractivity contribution >= 4 is 23.4 Å². The van der Waals surface area contributed by atoms with Crippen molar-refractivity contribution in [1.82, 2.24) is 5.01 Å². The van der Waals surface area contributed by atoms with E-state index in [-0.39, 0.29) is 5.91 Å². The van der Waals surface area contributed by atoms with Crippen molar-refractivity contribution in [3.63, 3.8) is 0 Å². The molecule has 0 unspecified atom stereocenters. The lowest BCUT2D eigenvalue weighted by atomic mass is 10.1. The van der Waals surface area contributed by atoms with Gasteiger partial charge in [0.05, 0.1) is 5.69 Å². The van der Waals surface area contributed by atoms with Crippen LogP contribution in [-0.4, -0.2) is 18.0 Å². The molecule has 24 heavy (non-hydrogen) atoms. The van der Waals surface area contributed by atoms with Crippen molar-refractivity contribution < 1.29 is 4.79 Å². The zero-order chi connectivity index (χ0) is 16.5. The number of rotatable bonds is 2. The molecule has 0 spiro atoms. The zero-order valence-electron chi connectivity index (χ0n) is 13.3. The molecule has 118 valence electrons. The molecule has 4 rings (SSSR count). The molecule has 1 amide bonds. The minimum absolute atomic E-state index is 0.0550. The van der Waals surface area contributed by atoms with E-state index in [2.05, 4.69) is 0 Å². The van der Waals surface area contributed by atoms with Crippen LogP contribution >= 0.6 is 0 Å². The molecule has 2 aromatic rings. The molecule has 0 saturated heterocycles. The molecule has 2 aliphatic rings. The minimum atomic E-state index is -0.0550. The molecule has 0 atom stereocenters. The van der Waals surface area contributed by atoms with Gasteiger partial charge in [0.25, 0.3) is 5.91 Å². The van der Waals surface area contributed by atoms with Crippen LogP contribution in [0.3, 0.4) is 0 Å². The van der Waals surface area contributed by atoms with Gasteiger partial charge in [-0.15, -0.1) is 0 Å². The lowest BCUT2D eigenvalue weighted by molar-refractivity contribution is -0.116. The van der Waals surface area contributed by atoms with E-state index in [4.69, 9.17) is 0 Å². The van der Waals surface area contributed by atoms with Crippen molar-refractivity contribution in [2.75, 3.05) is 17.0 Å². The number of likely N-dealkylation sites (N-methyl/N-ethyl adjacent to an activating group) is 1. The maximum absolute atomic E-state index is 13.1. The fourth-order valence-electron chi connectivity index (χ4n) is 2.93. The van der Waals surface area contributed by atoms with Crippen molar-refractivity contribution in [3.05, 3.63) is 90.4 Å². The highest BCUT2D eigenvalue weighted by atomic mass is 16.2. The maximum Gasteiger partial charge on any atom is 0.276 e. The average molecular weight is 315 g/mol. The number of anilines is 2. The van der Waals surface area contributed by atoms with E-state index in [0.717, 1.165) is 16.9 Å². The maximum atomic E-state index is 13.1. The van der Waals surface area contributed by atoms with Crippen LogP contribution in [0.5, 0.6) is 0 Å². The Morgan fingerprint density at radius 2 is 1.54 bits per heavy atom. The van der Waals surface area contributed by atoms with Gasteiger partial charge < -0.3 is 4.90 Å². The Labute approximate surface area is 141 Å². The van der Waals surface area contributed by atoms with Crippen LogP contribution in [0.4, 0.5) is 11.4 Å². The second-order valence-electron chi connectivity index (χ2n) is 5.66. The molecule has 0 saturated carbocycles.